The number of aromatic nitrogens is 2. The molecular formula is C15H18ClN3O. The lowest BCUT2D eigenvalue weighted by Gasteiger charge is -2.28. The Morgan fingerprint density at radius 3 is 2.85 bits per heavy atom. The van der Waals surface area contributed by atoms with Crippen molar-refractivity contribution in [1.82, 2.24) is 9.97 Å². The fraction of sp³-hybridized carbons (Fsp3) is 0.467. The van der Waals surface area contributed by atoms with E-state index in [0.717, 1.165) is 35.3 Å². The summed E-state index contributed by atoms with van der Waals surface area (Å²) in [6.45, 7) is 4.90. The molecule has 1 aromatic carbocycles. The molecule has 1 aliphatic heterocycles. The summed E-state index contributed by atoms with van der Waals surface area (Å²) in [6.07, 6.45) is 2.81. The molecule has 0 saturated carbocycles. The number of fused-ring (bicyclic) bond motifs is 1. The van der Waals surface area contributed by atoms with Gasteiger partial charge in [-0.05, 0) is 31.9 Å². The first-order valence-corrected chi connectivity index (χ1v) is 7.21. The van der Waals surface area contributed by atoms with Gasteiger partial charge in [0.05, 0.1) is 22.7 Å². The lowest BCUT2D eigenvalue weighted by Crippen LogP contribution is -2.37. The second-order valence-corrected chi connectivity index (χ2v) is 5.71. The van der Waals surface area contributed by atoms with Crippen LogP contribution >= 0.6 is 11.6 Å². The topological polar surface area (TPSA) is 38.2 Å². The molecule has 106 valence electrons. The molecule has 0 aliphatic carbocycles. The van der Waals surface area contributed by atoms with Crippen molar-refractivity contribution in [3.63, 3.8) is 0 Å². The molecule has 3 rings (SSSR count). The van der Waals surface area contributed by atoms with E-state index in [0.29, 0.717) is 11.1 Å². The maximum absolute atomic E-state index is 6.36. The minimum atomic E-state index is 0.214. The number of ether oxygens (including phenoxy) is 1. The largest absolute Gasteiger partial charge is 0.376 e. The maximum atomic E-state index is 6.36. The Morgan fingerprint density at radius 1 is 1.35 bits per heavy atom. The van der Waals surface area contributed by atoms with Gasteiger partial charge in [0.25, 0.3) is 0 Å². The van der Waals surface area contributed by atoms with Gasteiger partial charge in [0.15, 0.2) is 0 Å². The van der Waals surface area contributed by atoms with Crippen LogP contribution in [0, 0.1) is 6.92 Å². The highest BCUT2D eigenvalue weighted by Gasteiger charge is 2.29. The summed E-state index contributed by atoms with van der Waals surface area (Å²) in [4.78, 5) is 11.0. The number of benzene rings is 1. The van der Waals surface area contributed by atoms with Crippen molar-refractivity contribution in [2.75, 3.05) is 18.6 Å². The molecule has 4 nitrogen and oxygen atoms in total. The highest BCUT2D eigenvalue weighted by atomic mass is 35.5. The van der Waals surface area contributed by atoms with Crippen molar-refractivity contribution in [3.8, 4) is 0 Å². The smallest absolute Gasteiger partial charge is 0.140 e. The number of hydrogen-bond donors (Lipinski definition) is 0. The minimum absolute atomic E-state index is 0.214. The molecule has 5 heteroatoms. The molecule has 20 heavy (non-hydrogen) atoms. The zero-order valence-electron chi connectivity index (χ0n) is 11.9. The van der Waals surface area contributed by atoms with Crippen LogP contribution in [0.15, 0.2) is 18.5 Å². The van der Waals surface area contributed by atoms with Crippen LogP contribution in [0.25, 0.3) is 10.9 Å². The monoisotopic (exact) mass is 291 g/mol. The Bertz CT molecular complexity index is 646. The fourth-order valence-electron chi connectivity index (χ4n) is 2.85. The second kappa shape index (κ2) is 5.19. The third-order valence-corrected chi connectivity index (χ3v) is 4.56. The number of nitrogens with zero attached hydrogens (tertiary/aromatic N) is 3. The van der Waals surface area contributed by atoms with Crippen molar-refractivity contribution in [2.24, 2.45) is 0 Å². The van der Waals surface area contributed by atoms with Gasteiger partial charge >= 0.3 is 0 Å². The zero-order chi connectivity index (χ0) is 14.3. The number of aryl methyl sites for hydroxylation is 1. The van der Waals surface area contributed by atoms with Gasteiger partial charge in [0.1, 0.15) is 12.1 Å². The zero-order valence-corrected chi connectivity index (χ0v) is 12.7. The predicted octanol–water partition coefficient (Wildman–Crippen LogP) is 3.21. The molecule has 1 saturated heterocycles. The van der Waals surface area contributed by atoms with Crippen LogP contribution < -0.4 is 4.90 Å². The molecule has 0 N–H and O–H groups in total. The average Bonchev–Trinajstić information content (AvgIpc) is 2.88. The van der Waals surface area contributed by atoms with Gasteiger partial charge in [-0.1, -0.05) is 17.7 Å². The van der Waals surface area contributed by atoms with Gasteiger partial charge < -0.3 is 9.64 Å². The van der Waals surface area contributed by atoms with Crippen LogP contribution in [0.5, 0.6) is 0 Å². The minimum Gasteiger partial charge on any atom is -0.376 e. The summed E-state index contributed by atoms with van der Waals surface area (Å²) in [6, 6.07) is 4.40. The SMILES string of the molecule is Cc1ccc2c(N(C)C3CCOC3C)ncnc2c1Cl. The molecular weight excluding hydrogens is 274 g/mol. The normalized spacial score (nSPS) is 22.4. The molecule has 1 fully saturated rings. The quantitative estimate of drug-likeness (QED) is 0.852. The Hall–Kier alpha value is -1.39. The van der Waals surface area contributed by atoms with Gasteiger partial charge in [0, 0.05) is 19.0 Å². The van der Waals surface area contributed by atoms with Crippen molar-refractivity contribution in [3.05, 3.63) is 29.0 Å². The summed E-state index contributed by atoms with van der Waals surface area (Å²) in [5.74, 6) is 0.916. The summed E-state index contributed by atoms with van der Waals surface area (Å²) in [7, 11) is 2.06. The molecule has 0 bridgehead atoms. The molecule has 2 unspecified atom stereocenters. The van der Waals surface area contributed by atoms with Crippen molar-refractivity contribution < 1.29 is 4.74 Å². The molecule has 0 radical (unpaired) electrons. The molecule has 0 amide bonds. The predicted molar refractivity (Wildman–Crippen MR) is 81.5 cm³/mol. The van der Waals surface area contributed by atoms with Gasteiger partial charge in [-0.15, -0.1) is 0 Å². The number of hydrogen-bond acceptors (Lipinski definition) is 4. The van der Waals surface area contributed by atoms with Crippen molar-refractivity contribution >= 4 is 28.3 Å². The number of likely N-dealkylation sites (N-methyl/N-ethyl adjacent to an activating group) is 1. The Kier molecular flexibility index (Phi) is 3.52. The van der Waals surface area contributed by atoms with Crippen LogP contribution in [0.2, 0.25) is 5.02 Å². The fourth-order valence-corrected chi connectivity index (χ4v) is 3.06. The second-order valence-electron chi connectivity index (χ2n) is 5.33. The number of rotatable bonds is 2. The van der Waals surface area contributed by atoms with Crippen molar-refractivity contribution in [1.29, 1.82) is 0 Å². The Balaban J connectivity index is 2.10. The van der Waals surface area contributed by atoms with E-state index in [-0.39, 0.29) is 6.10 Å². The Morgan fingerprint density at radius 2 is 2.15 bits per heavy atom. The first-order valence-electron chi connectivity index (χ1n) is 6.84. The third kappa shape index (κ3) is 2.13. The van der Waals surface area contributed by atoms with E-state index in [1.807, 2.05) is 19.1 Å². The molecule has 1 aromatic heterocycles. The third-order valence-electron chi connectivity index (χ3n) is 4.08. The van der Waals surface area contributed by atoms with Crippen LogP contribution in [0.1, 0.15) is 18.9 Å². The highest BCUT2D eigenvalue weighted by molar-refractivity contribution is 6.36. The van der Waals surface area contributed by atoms with E-state index in [4.69, 9.17) is 16.3 Å². The van der Waals surface area contributed by atoms with E-state index in [2.05, 4.69) is 28.8 Å². The summed E-state index contributed by atoms with van der Waals surface area (Å²) in [5.41, 5.74) is 1.85. The van der Waals surface area contributed by atoms with Crippen molar-refractivity contribution in [2.45, 2.75) is 32.4 Å². The number of anilines is 1. The lowest BCUT2D eigenvalue weighted by atomic mass is 10.1. The van der Waals surface area contributed by atoms with Crippen LogP contribution in [0.3, 0.4) is 0 Å². The molecule has 2 heterocycles. The lowest BCUT2D eigenvalue weighted by molar-refractivity contribution is 0.118. The summed E-state index contributed by atoms with van der Waals surface area (Å²) < 4.78 is 5.65. The molecule has 1 aliphatic rings. The molecule has 0 spiro atoms. The van der Waals surface area contributed by atoms with Crippen LogP contribution in [-0.2, 0) is 4.74 Å². The van der Waals surface area contributed by atoms with E-state index in [1.54, 1.807) is 6.33 Å². The summed E-state index contributed by atoms with van der Waals surface area (Å²) in [5, 5.41) is 1.69. The molecule has 2 atom stereocenters. The maximum Gasteiger partial charge on any atom is 0.140 e. The van der Waals surface area contributed by atoms with Gasteiger partial charge in [-0.2, -0.15) is 0 Å². The number of halogens is 1. The standard InChI is InChI=1S/C15H18ClN3O/c1-9-4-5-11-14(13(9)16)17-8-18-15(11)19(3)12-6-7-20-10(12)2/h4-5,8,10,12H,6-7H2,1-3H3. The van der Waals surface area contributed by atoms with Crippen LogP contribution in [0.4, 0.5) is 5.82 Å². The first kappa shape index (κ1) is 13.6. The highest BCUT2D eigenvalue weighted by Crippen LogP contribution is 2.32. The van der Waals surface area contributed by atoms with E-state index in [1.165, 1.54) is 0 Å². The van der Waals surface area contributed by atoms with Gasteiger partial charge in [-0.25, -0.2) is 9.97 Å². The van der Waals surface area contributed by atoms with Gasteiger partial charge in [0.2, 0.25) is 0 Å². The summed E-state index contributed by atoms with van der Waals surface area (Å²) >= 11 is 6.36. The first-order chi connectivity index (χ1) is 9.59. The van der Waals surface area contributed by atoms with E-state index < -0.39 is 0 Å². The van der Waals surface area contributed by atoms with E-state index in [9.17, 15) is 0 Å². The van der Waals surface area contributed by atoms with Gasteiger partial charge in [-0.3, -0.25) is 0 Å². The van der Waals surface area contributed by atoms with E-state index >= 15 is 0 Å². The van der Waals surface area contributed by atoms with Crippen LogP contribution in [-0.4, -0.2) is 35.8 Å². The molecule has 2 aromatic rings. The average molecular weight is 292 g/mol. The Labute approximate surface area is 123 Å².